The molecule has 5 nitrogen and oxygen atoms in total. The van der Waals surface area contributed by atoms with E-state index in [4.69, 9.17) is 5.73 Å². The van der Waals surface area contributed by atoms with Gasteiger partial charge < -0.3 is 5.73 Å². The molecule has 0 saturated carbocycles. The molecule has 2 aromatic rings. The van der Waals surface area contributed by atoms with E-state index >= 15 is 0 Å². The minimum Gasteiger partial charge on any atom is -0.383 e. The first-order valence-electron chi connectivity index (χ1n) is 7.51. The molecule has 0 aliphatic carbocycles. The number of benzene rings is 1. The number of alkyl halides is 2. The van der Waals surface area contributed by atoms with Gasteiger partial charge in [0, 0.05) is 16.6 Å². The topological polar surface area (TPSA) is 70.9 Å². The van der Waals surface area contributed by atoms with Crippen molar-refractivity contribution in [2.24, 2.45) is 0 Å². The van der Waals surface area contributed by atoms with Gasteiger partial charge in [0.25, 0.3) is 5.92 Å². The number of aromatic nitrogens is 2. The maximum Gasteiger partial charge on any atom is 0.283 e. The van der Waals surface area contributed by atoms with Crippen LogP contribution >= 0.6 is 15.9 Å². The van der Waals surface area contributed by atoms with Crippen LogP contribution in [-0.4, -0.2) is 40.2 Å². The Morgan fingerprint density at radius 2 is 2.08 bits per heavy atom. The Kier molecular flexibility index (Phi) is 4.32. The molecule has 1 aromatic heterocycles. The number of hydrogen-bond acceptors (Lipinski definition) is 4. The van der Waals surface area contributed by atoms with Gasteiger partial charge in [-0.2, -0.15) is 10.4 Å². The van der Waals surface area contributed by atoms with Crippen molar-refractivity contribution in [1.82, 2.24) is 14.7 Å². The Morgan fingerprint density at radius 1 is 1.42 bits per heavy atom. The van der Waals surface area contributed by atoms with Gasteiger partial charge in [0.1, 0.15) is 29.2 Å². The fraction of sp³-hybridized carbons (Fsp3) is 0.375. The van der Waals surface area contributed by atoms with Crippen LogP contribution in [0.2, 0.25) is 0 Å². The summed E-state index contributed by atoms with van der Waals surface area (Å²) in [5, 5.41) is 13.7. The van der Waals surface area contributed by atoms with Gasteiger partial charge in [-0.05, 0) is 18.7 Å². The van der Waals surface area contributed by atoms with Crippen LogP contribution in [-0.2, 0) is 0 Å². The van der Waals surface area contributed by atoms with Crippen LogP contribution in [0.5, 0.6) is 0 Å². The summed E-state index contributed by atoms with van der Waals surface area (Å²) in [6, 6.07) is 7.96. The Balaban J connectivity index is 2.08. The Bertz CT molecular complexity index is 794. The SMILES string of the molecule is CCN1CC(n2nc(-c3ccc(Br)cc3)c(C#N)c2N)C(F)(F)C1. The standard InChI is InChI=1S/C16H16BrF2N5/c1-2-23-8-13(16(18,19)9-23)24-15(21)12(7-20)14(22-24)10-3-5-11(17)6-4-10/h3-6,13H,2,8-9,21H2,1H3. The number of nitrogens with zero attached hydrogens (tertiary/aromatic N) is 4. The molecule has 126 valence electrons. The predicted molar refractivity (Wildman–Crippen MR) is 90.6 cm³/mol. The number of nitrogens with two attached hydrogens (primary N) is 1. The van der Waals surface area contributed by atoms with E-state index in [2.05, 4.69) is 21.0 Å². The quantitative estimate of drug-likeness (QED) is 0.865. The summed E-state index contributed by atoms with van der Waals surface area (Å²) in [7, 11) is 0. The van der Waals surface area contributed by atoms with Crippen LogP contribution in [0.25, 0.3) is 11.3 Å². The van der Waals surface area contributed by atoms with Crippen molar-refractivity contribution in [3.63, 3.8) is 0 Å². The van der Waals surface area contributed by atoms with E-state index in [-0.39, 0.29) is 24.5 Å². The fourth-order valence-corrected chi connectivity index (χ4v) is 3.21. The van der Waals surface area contributed by atoms with Gasteiger partial charge in [-0.15, -0.1) is 0 Å². The van der Waals surface area contributed by atoms with E-state index in [9.17, 15) is 14.0 Å². The maximum absolute atomic E-state index is 14.4. The average molecular weight is 396 g/mol. The monoisotopic (exact) mass is 395 g/mol. The second-order valence-corrected chi connectivity index (χ2v) is 6.69. The van der Waals surface area contributed by atoms with Crippen molar-refractivity contribution in [3.8, 4) is 17.3 Å². The molecular weight excluding hydrogens is 380 g/mol. The molecule has 0 spiro atoms. The number of hydrogen-bond donors (Lipinski definition) is 1. The summed E-state index contributed by atoms with van der Waals surface area (Å²) >= 11 is 3.34. The number of likely N-dealkylation sites (N-methyl/N-ethyl adjacent to an activating group) is 1. The predicted octanol–water partition coefficient (Wildman–Crippen LogP) is 3.28. The third-order valence-electron chi connectivity index (χ3n) is 4.27. The zero-order valence-corrected chi connectivity index (χ0v) is 14.6. The summed E-state index contributed by atoms with van der Waals surface area (Å²) in [6.45, 7) is 2.18. The van der Waals surface area contributed by atoms with E-state index in [1.54, 1.807) is 29.2 Å². The number of rotatable bonds is 3. The van der Waals surface area contributed by atoms with Crippen LogP contribution in [0.1, 0.15) is 18.5 Å². The second kappa shape index (κ2) is 6.15. The molecule has 1 fully saturated rings. The van der Waals surface area contributed by atoms with Gasteiger partial charge in [-0.3, -0.25) is 4.90 Å². The van der Waals surface area contributed by atoms with Gasteiger partial charge in [-0.25, -0.2) is 13.5 Å². The first-order chi connectivity index (χ1) is 11.4. The molecule has 1 atom stereocenters. The highest BCUT2D eigenvalue weighted by atomic mass is 79.9. The first kappa shape index (κ1) is 16.9. The van der Waals surface area contributed by atoms with Gasteiger partial charge in [-0.1, -0.05) is 35.0 Å². The largest absolute Gasteiger partial charge is 0.383 e. The zero-order chi connectivity index (χ0) is 17.5. The molecule has 1 unspecified atom stereocenters. The highest BCUT2D eigenvalue weighted by Crippen LogP contribution is 2.39. The lowest BCUT2D eigenvalue weighted by Gasteiger charge is -2.19. The van der Waals surface area contributed by atoms with E-state index in [0.717, 1.165) is 9.15 Å². The smallest absolute Gasteiger partial charge is 0.283 e. The lowest BCUT2D eigenvalue weighted by atomic mass is 10.1. The summed E-state index contributed by atoms with van der Waals surface area (Å²) in [4.78, 5) is 1.65. The normalized spacial score (nSPS) is 20.2. The van der Waals surface area contributed by atoms with Crippen LogP contribution in [0.4, 0.5) is 14.6 Å². The van der Waals surface area contributed by atoms with E-state index < -0.39 is 12.0 Å². The van der Waals surface area contributed by atoms with Crippen molar-refractivity contribution in [3.05, 3.63) is 34.3 Å². The molecule has 1 aliphatic heterocycles. The Morgan fingerprint density at radius 3 is 2.62 bits per heavy atom. The van der Waals surface area contributed by atoms with E-state index in [1.807, 2.05) is 13.0 Å². The molecule has 24 heavy (non-hydrogen) atoms. The lowest BCUT2D eigenvalue weighted by molar-refractivity contribution is -0.0241. The molecule has 0 bridgehead atoms. The highest BCUT2D eigenvalue weighted by Gasteiger charge is 2.50. The van der Waals surface area contributed by atoms with Gasteiger partial charge in [0.2, 0.25) is 0 Å². The van der Waals surface area contributed by atoms with E-state index in [1.165, 1.54) is 0 Å². The highest BCUT2D eigenvalue weighted by molar-refractivity contribution is 9.10. The van der Waals surface area contributed by atoms with Gasteiger partial charge in [0.15, 0.2) is 0 Å². The number of likely N-dealkylation sites (tertiary alicyclic amines) is 1. The molecule has 2 N–H and O–H groups in total. The minimum absolute atomic E-state index is 0.0157. The fourth-order valence-electron chi connectivity index (χ4n) is 2.95. The van der Waals surface area contributed by atoms with Crippen molar-refractivity contribution in [1.29, 1.82) is 5.26 Å². The third kappa shape index (κ3) is 2.78. The van der Waals surface area contributed by atoms with Crippen molar-refractivity contribution >= 4 is 21.7 Å². The van der Waals surface area contributed by atoms with Crippen molar-refractivity contribution in [2.75, 3.05) is 25.4 Å². The molecular formula is C16H16BrF2N5. The van der Waals surface area contributed by atoms with Gasteiger partial charge in [0.05, 0.1) is 6.54 Å². The number of halogens is 3. The van der Waals surface area contributed by atoms with Gasteiger partial charge >= 0.3 is 0 Å². The second-order valence-electron chi connectivity index (χ2n) is 5.78. The molecule has 2 heterocycles. The van der Waals surface area contributed by atoms with Crippen LogP contribution in [0.15, 0.2) is 28.7 Å². The molecule has 1 saturated heterocycles. The summed E-state index contributed by atoms with van der Waals surface area (Å²) in [6.07, 6.45) is 0. The molecule has 0 radical (unpaired) electrons. The molecule has 1 aliphatic rings. The summed E-state index contributed by atoms with van der Waals surface area (Å²) < 4.78 is 30.7. The number of nitriles is 1. The Labute approximate surface area is 146 Å². The summed E-state index contributed by atoms with van der Waals surface area (Å²) in [5.41, 5.74) is 7.10. The molecule has 1 aromatic carbocycles. The molecule has 3 rings (SSSR count). The third-order valence-corrected chi connectivity index (χ3v) is 4.80. The Hall–Kier alpha value is -1.98. The number of nitrogen functional groups attached to an aromatic ring is 1. The zero-order valence-electron chi connectivity index (χ0n) is 13.0. The molecule has 8 heteroatoms. The maximum atomic E-state index is 14.4. The van der Waals surface area contributed by atoms with Crippen LogP contribution in [0.3, 0.4) is 0 Å². The average Bonchev–Trinajstić information content (AvgIpc) is 3.03. The lowest BCUT2D eigenvalue weighted by Crippen LogP contribution is -2.31. The van der Waals surface area contributed by atoms with E-state index in [0.29, 0.717) is 17.8 Å². The van der Waals surface area contributed by atoms with Crippen LogP contribution in [0, 0.1) is 11.3 Å². The minimum atomic E-state index is -2.94. The summed E-state index contributed by atoms with van der Waals surface area (Å²) in [5.74, 6) is -2.96. The van der Waals surface area contributed by atoms with Crippen molar-refractivity contribution < 1.29 is 8.78 Å². The van der Waals surface area contributed by atoms with Crippen molar-refractivity contribution in [2.45, 2.75) is 18.9 Å². The van der Waals surface area contributed by atoms with Crippen LogP contribution < -0.4 is 5.73 Å². The molecule has 0 amide bonds. The first-order valence-corrected chi connectivity index (χ1v) is 8.31. The number of anilines is 1.